The molecule has 0 saturated carbocycles. The number of hydrazone groups is 1. The third-order valence-electron chi connectivity index (χ3n) is 1.75. The van der Waals surface area contributed by atoms with E-state index in [9.17, 15) is 14.9 Å². The number of nitro groups is 1. The zero-order chi connectivity index (χ0) is 11.3. The molecule has 1 N–H and O–H groups in total. The molecule has 1 aromatic carbocycles. The van der Waals surface area contributed by atoms with Crippen LogP contribution < -0.4 is 5.43 Å². The van der Waals surface area contributed by atoms with Crippen molar-refractivity contribution in [2.24, 2.45) is 5.10 Å². The molecular weight excluding hydrogens is 198 g/mol. The smallest absolute Gasteiger partial charge is 0.271 e. The van der Waals surface area contributed by atoms with E-state index in [4.69, 9.17) is 0 Å². The summed E-state index contributed by atoms with van der Waals surface area (Å²) in [5.41, 5.74) is 3.83. The molecule has 1 aromatic rings. The van der Waals surface area contributed by atoms with E-state index in [1.165, 1.54) is 12.1 Å². The number of nitrogens with zero attached hydrogens (tertiary/aromatic N) is 2. The van der Waals surface area contributed by atoms with E-state index in [0.29, 0.717) is 12.0 Å². The van der Waals surface area contributed by atoms with Crippen LogP contribution in [0.25, 0.3) is 0 Å². The Kier molecular flexibility index (Phi) is 3.50. The molecule has 0 heterocycles. The first-order chi connectivity index (χ1) is 7.15. The van der Waals surface area contributed by atoms with Crippen molar-refractivity contribution >= 4 is 23.9 Å². The van der Waals surface area contributed by atoms with Gasteiger partial charge in [0.25, 0.3) is 5.69 Å². The van der Waals surface area contributed by atoms with Gasteiger partial charge in [0.1, 0.15) is 0 Å². The largest absolute Gasteiger partial charge is 0.297 e. The van der Waals surface area contributed by atoms with Crippen molar-refractivity contribution in [2.75, 3.05) is 5.43 Å². The number of nitrogens with one attached hydrogen (secondary N) is 1. The molecule has 0 aliphatic heterocycles. The molecule has 0 spiro atoms. The van der Waals surface area contributed by atoms with Crippen LogP contribution in [0.4, 0.5) is 11.4 Å². The zero-order valence-corrected chi connectivity index (χ0v) is 8.01. The summed E-state index contributed by atoms with van der Waals surface area (Å²) in [5.74, 6) is 0. The molecule has 0 atom stereocenters. The predicted molar refractivity (Wildman–Crippen MR) is 56.0 cm³/mol. The summed E-state index contributed by atoms with van der Waals surface area (Å²) in [6.45, 7) is 1.78. The van der Waals surface area contributed by atoms with Crippen LogP contribution in [-0.2, 0) is 4.79 Å². The van der Waals surface area contributed by atoms with Crippen molar-refractivity contribution in [3.63, 3.8) is 0 Å². The van der Waals surface area contributed by atoms with Crippen molar-refractivity contribution in [1.29, 1.82) is 0 Å². The average molecular weight is 207 g/mol. The molecule has 0 aliphatic rings. The van der Waals surface area contributed by atoms with Crippen LogP contribution in [0.2, 0.25) is 0 Å². The fraction of sp³-hybridized carbons (Fsp3) is 0.111. The molecule has 0 radical (unpaired) electrons. The standard InChI is InChI=1S/C9H9N3O3/c1-7-2-3-8(12(14)15)6-9(7)11-10-4-5-13/h2-6,11H,1H3/b10-4+. The summed E-state index contributed by atoms with van der Waals surface area (Å²) in [5, 5.41) is 14.0. The van der Waals surface area contributed by atoms with E-state index in [-0.39, 0.29) is 5.69 Å². The first kappa shape index (κ1) is 10.8. The van der Waals surface area contributed by atoms with E-state index >= 15 is 0 Å². The van der Waals surface area contributed by atoms with Gasteiger partial charge in [-0.25, -0.2) is 0 Å². The van der Waals surface area contributed by atoms with Gasteiger partial charge in [-0.1, -0.05) is 6.07 Å². The normalized spacial score (nSPS) is 10.2. The lowest BCUT2D eigenvalue weighted by atomic mass is 10.2. The van der Waals surface area contributed by atoms with Crippen LogP contribution in [0, 0.1) is 17.0 Å². The Balaban J connectivity index is 2.94. The van der Waals surface area contributed by atoms with Crippen molar-refractivity contribution in [3.8, 4) is 0 Å². The van der Waals surface area contributed by atoms with Crippen LogP contribution in [0.5, 0.6) is 0 Å². The van der Waals surface area contributed by atoms with Crippen molar-refractivity contribution in [3.05, 3.63) is 33.9 Å². The maximum atomic E-state index is 10.5. The summed E-state index contributed by atoms with van der Waals surface area (Å²) in [4.78, 5) is 19.9. The Hall–Kier alpha value is -2.24. The molecule has 6 heteroatoms. The number of rotatable bonds is 4. The summed E-state index contributed by atoms with van der Waals surface area (Å²) < 4.78 is 0. The number of carbonyl (C=O) groups excluding carboxylic acids is 1. The Morgan fingerprint density at radius 3 is 2.87 bits per heavy atom. The fourth-order valence-electron chi connectivity index (χ4n) is 0.981. The van der Waals surface area contributed by atoms with E-state index in [0.717, 1.165) is 11.8 Å². The Bertz CT molecular complexity index is 415. The first-order valence-corrected chi connectivity index (χ1v) is 4.13. The number of aldehydes is 1. The maximum absolute atomic E-state index is 10.5. The number of nitro benzene ring substituents is 1. The molecule has 0 amide bonds. The summed E-state index contributed by atoms with van der Waals surface area (Å²) in [7, 11) is 0. The molecule has 6 nitrogen and oxygen atoms in total. The van der Waals surface area contributed by atoms with Gasteiger partial charge in [0.2, 0.25) is 0 Å². The van der Waals surface area contributed by atoms with Gasteiger partial charge < -0.3 is 0 Å². The molecule has 1 rings (SSSR count). The number of hydrogen-bond acceptors (Lipinski definition) is 5. The highest BCUT2D eigenvalue weighted by Gasteiger charge is 2.07. The van der Waals surface area contributed by atoms with Gasteiger partial charge in [-0.15, -0.1) is 0 Å². The van der Waals surface area contributed by atoms with Gasteiger partial charge in [-0.05, 0) is 12.5 Å². The van der Waals surface area contributed by atoms with Crippen molar-refractivity contribution in [2.45, 2.75) is 6.92 Å². The van der Waals surface area contributed by atoms with E-state index in [1.807, 2.05) is 0 Å². The lowest BCUT2D eigenvalue weighted by Gasteiger charge is -2.03. The van der Waals surface area contributed by atoms with E-state index in [2.05, 4.69) is 10.5 Å². The quantitative estimate of drug-likeness (QED) is 0.351. The second-order valence-corrected chi connectivity index (χ2v) is 2.78. The van der Waals surface area contributed by atoms with Crippen LogP contribution >= 0.6 is 0 Å². The highest BCUT2D eigenvalue weighted by atomic mass is 16.6. The molecular formula is C9H9N3O3. The van der Waals surface area contributed by atoms with Gasteiger partial charge >= 0.3 is 0 Å². The number of anilines is 1. The lowest BCUT2D eigenvalue weighted by molar-refractivity contribution is -0.384. The third kappa shape index (κ3) is 2.87. The highest BCUT2D eigenvalue weighted by Crippen LogP contribution is 2.21. The number of aryl methyl sites for hydroxylation is 1. The molecule has 0 unspecified atom stereocenters. The molecule has 0 saturated heterocycles. The minimum Gasteiger partial charge on any atom is -0.297 e. The zero-order valence-electron chi connectivity index (χ0n) is 8.01. The fourth-order valence-corrected chi connectivity index (χ4v) is 0.981. The summed E-state index contributed by atoms with van der Waals surface area (Å²) in [6, 6.07) is 4.37. The highest BCUT2D eigenvalue weighted by molar-refractivity contribution is 6.13. The topological polar surface area (TPSA) is 84.6 Å². The average Bonchev–Trinajstić information content (AvgIpc) is 2.20. The molecule has 0 fully saturated rings. The second kappa shape index (κ2) is 4.85. The number of non-ortho nitro benzene ring substituents is 1. The number of benzene rings is 1. The number of carbonyl (C=O) groups is 1. The Morgan fingerprint density at radius 1 is 1.53 bits per heavy atom. The molecule has 0 aliphatic carbocycles. The maximum Gasteiger partial charge on any atom is 0.271 e. The van der Waals surface area contributed by atoms with Gasteiger partial charge in [0, 0.05) is 12.1 Å². The summed E-state index contributed by atoms with van der Waals surface area (Å²) in [6.07, 6.45) is 1.54. The van der Waals surface area contributed by atoms with Crippen LogP contribution in [0.15, 0.2) is 23.3 Å². The van der Waals surface area contributed by atoms with Crippen molar-refractivity contribution < 1.29 is 9.72 Å². The monoisotopic (exact) mass is 207 g/mol. The van der Waals surface area contributed by atoms with Crippen molar-refractivity contribution in [1.82, 2.24) is 0 Å². The van der Waals surface area contributed by atoms with Crippen LogP contribution in [-0.4, -0.2) is 17.4 Å². The minimum absolute atomic E-state index is 0.0237. The molecule has 15 heavy (non-hydrogen) atoms. The number of hydrogen-bond donors (Lipinski definition) is 1. The lowest BCUT2D eigenvalue weighted by Crippen LogP contribution is -1.95. The molecule has 78 valence electrons. The predicted octanol–water partition coefficient (Wildman–Crippen LogP) is 1.50. The van der Waals surface area contributed by atoms with Crippen LogP contribution in [0.3, 0.4) is 0 Å². The first-order valence-electron chi connectivity index (χ1n) is 4.13. The van der Waals surface area contributed by atoms with Gasteiger partial charge in [0.05, 0.1) is 16.8 Å². The van der Waals surface area contributed by atoms with E-state index < -0.39 is 4.92 Å². The third-order valence-corrected chi connectivity index (χ3v) is 1.75. The molecule has 0 bridgehead atoms. The molecule has 0 aromatic heterocycles. The second-order valence-electron chi connectivity index (χ2n) is 2.78. The van der Waals surface area contributed by atoms with E-state index in [1.54, 1.807) is 13.0 Å². The summed E-state index contributed by atoms with van der Waals surface area (Å²) >= 11 is 0. The van der Waals surface area contributed by atoms with Gasteiger partial charge in [-0.3, -0.25) is 20.3 Å². The Morgan fingerprint density at radius 2 is 2.27 bits per heavy atom. The SMILES string of the molecule is Cc1ccc([N+](=O)[O-])cc1N/N=C/C=O. The van der Waals surface area contributed by atoms with Gasteiger partial charge in [-0.2, -0.15) is 5.10 Å². The van der Waals surface area contributed by atoms with Gasteiger partial charge in [0.15, 0.2) is 6.29 Å². The Labute approximate surface area is 85.8 Å². The minimum atomic E-state index is -0.492. The van der Waals surface area contributed by atoms with Crippen LogP contribution in [0.1, 0.15) is 5.56 Å².